The zero-order valence-corrected chi connectivity index (χ0v) is 16.3. The van der Waals surface area contributed by atoms with Gasteiger partial charge in [0.2, 0.25) is 11.8 Å². The van der Waals surface area contributed by atoms with Gasteiger partial charge in [-0.1, -0.05) is 12.1 Å². The van der Waals surface area contributed by atoms with Gasteiger partial charge in [0.05, 0.1) is 11.1 Å². The van der Waals surface area contributed by atoms with Crippen LogP contribution in [0.25, 0.3) is 0 Å². The number of anilines is 2. The third-order valence-electron chi connectivity index (χ3n) is 5.42. The summed E-state index contributed by atoms with van der Waals surface area (Å²) in [5.41, 5.74) is 2.87. The zero-order valence-electron chi connectivity index (χ0n) is 16.3. The predicted octanol–water partition coefficient (Wildman–Crippen LogP) is 2.75. The highest BCUT2D eigenvalue weighted by molar-refractivity contribution is 6.23. The molecule has 1 unspecified atom stereocenters. The fourth-order valence-corrected chi connectivity index (χ4v) is 3.86. The molecule has 0 saturated carbocycles. The summed E-state index contributed by atoms with van der Waals surface area (Å²) in [7, 11) is 0. The molecule has 0 aliphatic carbocycles. The molecule has 0 radical (unpaired) electrons. The van der Waals surface area contributed by atoms with E-state index in [1.54, 1.807) is 47.4 Å². The van der Waals surface area contributed by atoms with Crippen molar-refractivity contribution in [2.75, 3.05) is 16.8 Å². The first-order valence-corrected chi connectivity index (χ1v) is 9.57. The van der Waals surface area contributed by atoms with Crippen LogP contribution in [0, 0.1) is 6.92 Å². The lowest BCUT2D eigenvalue weighted by Crippen LogP contribution is -2.45. The molecule has 1 N–H and O–H groups in total. The van der Waals surface area contributed by atoms with Crippen molar-refractivity contribution in [3.05, 3.63) is 59.2 Å². The Hall–Kier alpha value is -3.48. The van der Waals surface area contributed by atoms with Gasteiger partial charge in [-0.25, -0.2) is 0 Å². The van der Waals surface area contributed by atoms with E-state index in [0.717, 1.165) is 22.6 Å². The number of imide groups is 1. The van der Waals surface area contributed by atoms with Gasteiger partial charge in [-0.05, 0) is 56.2 Å². The summed E-state index contributed by atoms with van der Waals surface area (Å²) in [4.78, 5) is 52.6. The summed E-state index contributed by atoms with van der Waals surface area (Å²) in [5, 5.41) is 2.77. The van der Waals surface area contributed by atoms with Crippen LogP contribution in [0.4, 0.5) is 11.4 Å². The van der Waals surface area contributed by atoms with E-state index in [1.165, 1.54) is 6.92 Å². The maximum atomic E-state index is 12.7. The van der Waals surface area contributed by atoms with Crippen molar-refractivity contribution in [1.29, 1.82) is 0 Å². The molecular formula is C22H21N3O4. The maximum absolute atomic E-state index is 12.7. The van der Waals surface area contributed by atoms with Crippen LogP contribution >= 0.6 is 0 Å². The largest absolute Gasteiger partial charge is 0.324 e. The molecule has 7 heteroatoms. The van der Waals surface area contributed by atoms with Crippen LogP contribution in [0.5, 0.6) is 0 Å². The predicted molar refractivity (Wildman–Crippen MR) is 108 cm³/mol. The second-order valence-corrected chi connectivity index (χ2v) is 7.34. The molecule has 0 aromatic heterocycles. The van der Waals surface area contributed by atoms with E-state index in [0.29, 0.717) is 29.8 Å². The summed E-state index contributed by atoms with van der Waals surface area (Å²) in [6.45, 7) is 4.10. The number of carbonyl (C=O) groups excluding carboxylic acids is 4. The van der Waals surface area contributed by atoms with Crippen molar-refractivity contribution in [1.82, 2.24) is 4.90 Å². The topological polar surface area (TPSA) is 86.8 Å². The highest BCUT2D eigenvalue weighted by Gasteiger charge is 2.40. The Morgan fingerprint density at radius 2 is 1.69 bits per heavy atom. The smallest absolute Gasteiger partial charge is 0.262 e. The molecule has 2 aromatic carbocycles. The van der Waals surface area contributed by atoms with Crippen LogP contribution in [0.1, 0.15) is 46.0 Å². The standard InChI is InChI=1S/C22H21N3O4/c1-13-12-15(9-10-18(13)24-11-5-8-19(24)26)23-20(27)14(2)25-21(28)16-6-3-4-7-17(16)22(25)29/h3-4,6-7,9-10,12,14H,5,8,11H2,1-2H3,(H,23,27). The zero-order chi connectivity index (χ0) is 20.7. The van der Waals surface area contributed by atoms with Crippen molar-refractivity contribution < 1.29 is 19.2 Å². The van der Waals surface area contributed by atoms with Gasteiger partial charge in [-0.15, -0.1) is 0 Å². The number of benzene rings is 2. The van der Waals surface area contributed by atoms with Gasteiger partial charge in [-0.2, -0.15) is 0 Å². The number of aryl methyl sites for hydroxylation is 1. The minimum atomic E-state index is -0.956. The van der Waals surface area contributed by atoms with E-state index in [4.69, 9.17) is 0 Å². The highest BCUT2D eigenvalue weighted by atomic mass is 16.2. The second-order valence-electron chi connectivity index (χ2n) is 7.34. The summed E-state index contributed by atoms with van der Waals surface area (Å²) in [6, 6.07) is 10.9. The van der Waals surface area contributed by atoms with Crippen LogP contribution in [-0.2, 0) is 9.59 Å². The Bertz CT molecular complexity index is 1010. The second kappa shape index (κ2) is 7.16. The highest BCUT2D eigenvalue weighted by Crippen LogP contribution is 2.28. The molecule has 1 fully saturated rings. The van der Waals surface area contributed by atoms with E-state index in [9.17, 15) is 19.2 Å². The molecule has 4 rings (SSSR count). The van der Waals surface area contributed by atoms with Crippen LogP contribution in [0.15, 0.2) is 42.5 Å². The van der Waals surface area contributed by atoms with Gasteiger partial charge < -0.3 is 10.2 Å². The number of hydrogen-bond donors (Lipinski definition) is 1. The fourth-order valence-electron chi connectivity index (χ4n) is 3.86. The monoisotopic (exact) mass is 391 g/mol. The van der Waals surface area contributed by atoms with Gasteiger partial charge in [0.25, 0.3) is 11.8 Å². The molecular weight excluding hydrogens is 370 g/mol. The fraction of sp³-hybridized carbons (Fsp3) is 0.273. The number of rotatable bonds is 4. The van der Waals surface area contributed by atoms with Crippen molar-refractivity contribution >= 4 is 35.0 Å². The number of carbonyl (C=O) groups is 4. The number of hydrogen-bond acceptors (Lipinski definition) is 4. The van der Waals surface area contributed by atoms with Crippen molar-refractivity contribution in [2.45, 2.75) is 32.7 Å². The molecule has 1 atom stereocenters. The average Bonchev–Trinajstić information content (AvgIpc) is 3.23. The maximum Gasteiger partial charge on any atom is 0.262 e. The lowest BCUT2D eigenvalue weighted by molar-refractivity contribution is -0.119. The third kappa shape index (κ3) is 3.18. The lowest BCUT2D eigenvalue weighted by atomic mass is 10.1. The number of nitrogens with zero attached hydrogens (tertiary/aromatic N) is 2. The van der Waals surface area contributed by atoms with Gasteiger partial charge >= 0.3 is 0 Å². The van der Waals surface area contributed by atoms with Crippen LogP contribution < -0.4 is 10.2 Å². The summed E-state index contributed by atoms with van der Waals surface area (Å²) < 4.78 is 0. The first-order valence-electron chi connectivity index (χ1n) is 9.57. The van der Waals surface area contributed by atoms with Crippen LogP contribution in [0.3, 0.4) is 0 Å². The molecule has 148 valence electrons. The molecule has 7 nitrogen and oxygen atoms in total. The third-order valence-corrected chi connectivity index (χ3v) is 5.42. The van der Waals surface area contributed by atoms with E-state index in [-0.39, 0.29) is 5.91 Å². The Kier molecular flexibility index (Phi) is 4.66. The Morgan fingerprint density at radius 1 is 1.03 bits per heavy atom. The molecule has 0 bridgehead atoms. The summed E-state index contributed by atoms with van der Waals surface area (Å²) >= 11 is 0. The summed E-state index contributed by atoms with van der Waals surface area (Å²) in [5.74, 6) is -1.28. The first kappa shape index (κ1) is 18.9. The first-order chi connectivity index (χ1) is 13.9. The Morgan fingerprint density at radius 3 is 2.24 bits per heavy atom. The average molecular weight is 391 g/mol. The number of fused-ring (bicyclic) bond motifs is 1. The lowest BCUT2D eigenvalue weighted by Gasteiger charge is -2.22. The molecule has 0 spiro atoms. The molecule has 2 heterocycles. The molecule has 2 aliphatic heterocycles. The van der Waals surface area contributed by atoms with E-state index in [1.807, 2.05) is 6.92 Å². The minimum Gasteiger partial charge on any atom is -0.324 e. The van der Waals surface area contributed by atoms with Gasteiger partial charge in [-0.3, -0.25) is 24.1 Å². The van der Waals surface area contributed by atoms with Crippen molar-refractivity contribution in [3.8, 4) is 0 Å². The molecule has 29 heavy (non-hydrogen) atoms. The van der Waals surface area contributed by atoms with E-state index in [2.05, 4.69) is 5.32 Å². The summed E-state index contributed by atoms with van der Waals surface area (Å²) in [6.07, 6.45) is 1.39. The molecule has 4 amide bonds. The quantitative estimate of drug-likeness (QED) is 0.812. The SMILES string of the molecule is Cc1cc(NC(=O)C(C)N2C(=O)c3ccccc3C2=O)ccc1N1CCCC1=O. The van der Waals surface area contributed by atoms with Gasteiger partial charge in [0.1, 0.15) is 6.04 Å². The van der Waals surface area contributed by atoms with E-state index < -0.39 is 23.8 Å². The molecule has 2 aromatic rings. The normalized spacial score (nSPS) is 17.0. The van der Waals surface area contributed by atoms with Crippen LogP contribution in [0.2, 0.25) is 0 Å². The van der Waals surface area contributed by atoms with Gasteiger partial charge in [0, 0.05) is 24.3 Å². The molecule has 1 saturated heterocycles. The van der Waals surface area contributed by atoms with E-state index >= 15 is 0 Å². The minimum absolute atomic E-state index is 0.101. The Balaban J connectivity index is 1.50. The Labute approximate surface area is 168 Å². The number of amides is 4. The van der Waals surface area contributed by atoms with Crippen molar-refractivity contribution in [3.63, 3.8) is 0 Å². The number of nitrogens with one attached hydrogen (secondary N) is 1. The van der Waals surface area contributed by atoms with Gasteiger partial charge in [0.15, 0.2) is 0 Å². The molecule has 2 aliphatic rings. The van der Waals surface area contributed by atoms with Crippen molar-refractivity contribution in [2.24, 2.45) is 0 Å². The van der Waals surface area contributed by atoms with Crippen LogP contribution in [-0.4, -0.2) is 41.1 Å².